The molecular weight excluding hydrogens is 282 g/mol. The summed E-state index contributed by atoms with van der Waals surface area (Å²) in [6.45, 7) is 1.66. The van der Waals surface area contributed by atoms with E-state index in [0.717, 1.165) is 31.9 Å². The molecule has 0 saturated carbocycles. The molecule has 0 unspecified atom stereocenters. The molecule has 0 atom stereocenters. The molecule has 22 heavy (non-hydrogen) atoms. The molecule has 2 aromatic heterocycles. The molecule has 1 fully saturated rings. The Hall–Kier alpha value is -2.64. The second kappa shape index (κ2) is 6.42. The van der Waals surface area contributed by atoms with Crippen molar-refractivity contribution in [1.29, 1.82) is 0 Å². The monoisotopic (exact) mass is 301 g/mol. The van der Waals surface area contributed by atoms with E-state index in [4.69, 9.17) is 0 Å². The largest absolute Gasteiger partial charge is 0.385 e. The van der Waals surface area contributed by atoms with Gasteiger partial charge in [-0.15, -0.1) is 0 Å². The standard InChI is InChI=1S/C14H19N7O/c1-15-11-9-18-20-12(11)13(22)19-10-3-7-21(8-4-10)14-16-5-2-6-17-14/h2,5-6,9-10,15H,3-4,7-8H2,1H3,(H,18,20)(H,19,22). The van der Waals surface area contributed by atoms with Gasteiger partial charge in [-0.3, -0.25) is 9.89 Å². The maximum absolute atomic E-state index is 12.2. The Morgan fingerprint density at radius 3 is 2.73 bits per heavy atom. The van der Waals surface area contributed by atoms with Crippen LogP contribution in [0.25, 0.3) is 0 Å². The summed E-state index contributed by atoms with van der Waals surface area (Å²) in [5.74, 6) is 0.620. The first kappa shape index (κ1) is 14.3. The van der Waals surface area contributed by atoms with Gasteiger partial charge < -0.3 is 15.5 Å². The van der Waals surface area contributed by atoms with Crippen LogP contribution in [0.1, 0.15) is 23.3 Å². The van der Waals surface area contributed by atoms with E-state index in [9.17, 15) is 4.79 Å². The number of anilines is 2. The van der Waals surface area contributed by atoms with Crippen LogP contribution in [0, 0.1) is 0 Å². The third kappa shape index (κ3) is 3.00. The summed E-state index contributed by atoms with van der Waals surface area (Å²) < 4.78 is 0. The third-order valence-corrected chi connectivity index (χ3v) is 3.80. The molecule has 0 aliphatic carbocycles. The number of nitrogens with zero attached hydrogens (tertiary/aromatic N) is 4. The minimum Gasteiger partial charge on any atom is -0.385 e. The number of piperidine rings is 1. The van der Waals surface area contributed by atoms with Crippen LogP contribution < -0.4 is 15.5 Å². The number of hydrogen-bond donors (Lipinski definition) is 3. The van der Waals surface area contributed by atoms with Crippen molar-refractivity contribution < 1.29 is 4.79 Å². The van der Waals surface area contributed by atoms with E-state index in [1.54, 1.807) is 31.7 Å². The van der Waals surface area contributed by atoms with Gasteiger partial charge in [0.2, 0.25) is 5.95 Å². The van der Waals surface area contributed by atoms with Gasteiger partial charge in [-0.05, 0) is 18.9 Å². The van der Waals surface area contributed by atoms with Gasteiger partial charge in [-0.1, -0.05) is 0 Å². The molecule has 8 nitrogen and oxygen atoms in total. The Balaban J connectivity index is 1.55. The normalized spacial score (nSPS) is 15.6. The highest BCUT2D eigenvalue weighted by Gasteiger charge is 2.23. The Morgan fingerprint density at radius 1 is 1.32 bits per heavy atom. The molecular formula is C14H19N7O. The van der Waals surface area contributed by atoms with Crippen LogP contribution in [0.5, 0.6) is 0 Å². The van der Waals surface area contributed by atoms with Crippen LogP contribution in [0.4, 0.5) is 11.6 Å². The quantitative estimate of drug-likeness (QED) is 0.766. The second-order valence-electron chi connectivity index (χ2n) is 5.19. The van der Waals surface area contributed by atoms with E-state index in [2.05, 4.69) is 35.7 Å². The van der Waals surface area contributed by atoms with Gasteiger partial charge in [0.05, 0.1) is 11.9 Å². The van der Waals surface area contributed by atoms with Gasteiger partial charge in [-0.2, -0.15) is 5.10 Å². The highest BCUT2D eigenvalue weighted by molar-refractivity contribution is 5.97. The van der Waals surface area contributed by atoms with Crippen molar-refractivity contribution >= 4 is 17.5 Å². The molecule has 1 aliphatic heterocycles. The molecule has 0 radical (unpaired) electrons. The zero-order valence-corrected chi connectivity index (χ0v) is 12.4. The van der Waals surface area contributed by atoms with Crippen LogP contribution in [0.2, 0.25) is 0 Å². The Bertz CT molecular complexity index is 619. The van der Waals surface area contributed by atoms with Crippen LogP contribution >= 0.6 is 0 Å². The van der Waals surface area contributed by atoms with E-state index >= 15 is 0 Å². The lowest BCUT2D eigenvalue weighted by atomic mass is 10.1. The van der Waals surface area contributed by atoms with Crippen molar-refractivity contribution in [2.75, 3.05) is 30.4 Å². The number of H-pyrrole nitrogens is 1. The first-order valence-electron chi connectivity index (χ1n) is 7.32. The molecule has 0 spiro atoms. The molecule has 3 rings (SSSR count). The zero-order chi connectivity index (χ0) is 15.4. The van der Waals surface area contributed by atoms with Crippen molar-refractivity contribution in [3.05, 3.63) is 30.4 Å². The number of hydrogen-bond acceptors (Lipinski definition) is 6. The average Bonchev–Trinajstić information content (AvgIpc) is 3.05. The van der Waals surface area contributed by atoms with Crippen molar-refractivity contribution in [2.45, 2.75) is 18.9 Å². The minimum absolute atomic E-state index is 0.128. The lowest BCUT2D eigenvalue weighted by Crippen LogP contribution is -2.45. The topological polar surface area (TPSA) is 98.8 Å². The number of nitrogens with one attached hydrogen (secondary N) is 3. The van der Waals surface area contributed by atoms with Crippen LogP contribution in [-0.2, 0) is 0 Å². The molecule has 0 aromatic carbocycles. The number of carbonyl (C=O) groups is 1. The lowest BCUT2D eigenvalue weighted by molar-refractivity contribution is 0.0927. The van der Waals surface area contributed by atoms with Crippen LogP contribution in [-0.4, -0.2) is 52.3 Å². The summed E-state index contributed by atoms with van der Waals surface area (Å²) in [5.41, 5.74) is 1.17. The fourth-order valence-corrected chi connectivity index (χ4v) is 2.58. The third-order valence-electron chi connectivity index (χ3n) is 3.80. The maximum atomic E-state index is 12.2. The van der Waals surface area contributed by atoms with Gasteiger partial charge in [-0.25, -0.2) is 9.97 Å². The molecule has 3 N–H and O–H groups in total. The number of aromatic nitrogens is 4. The SMILES string of the molecule is CNc1cn[nH]c1C(=O)NC1CCN(c2ncccn2)CC1. The molecule has 1 aliphatic rings. The Labute approximate surface area is 128 Å². The van der Waals surface area contributed by atoms with Gasteiger partial charge in [0, 0.05) is 38.6 Å². The van der Waals surface area contributed by atoms with Crippen molar-refractivity contribution in [3.8, 4) is 0 Å². The number of carbonyl (C=O) groups excluding carboxylic acids is 1. The molecule has 2 aromatic rings. The van der Waals surface area contributed by atoms with Gasteiger partial charge in [0.15, 0.2) is 0 Å². The number of amides is 1. The van der Waals surface area contributed by atoms with Gasteiger partial charge >= 0.3 is 0 Å². The maximum Gasteiger partial charge on any atom is 0.271 e. The second-order valence-corrected chi connectivity index (χ2v) is 5.19. The van der Waals surface area contributed by atoms with Crippen molar-refractivity contribution in [2.24, 2.45) is 0 Å². The Kier molecular flexibility index (Phi) is 4.17. The lowest BCUT2D eigenvalue weighted by Gasteiger charge is -2.32. The highest BCUT2D eigenvalue weighted by Crippen LogP contribution is 2.16. The van der Waals surface area contributed by atoms with Gasteiger partial charge in [0.1, 0.15) is 5.69 Å². The summed E-state index contributed by atoms with van der Waals surface area (Å²) in [6, 6.07) is 1.96. The zero-order valence-electron chi connectivity index (χ0n) is 12.4. The van der Waals surface area contributed by atoms with Crippen LogP contribution in [0.15, 0.2) is 24.7 Å². The summed E-state index contributed by atoms with van der Waals surface area (Å²) >= 11 is 0. The van der Waals surface area contributed by atoms with Gasteiger partial charge in [0.25, 0.3) is 5.91 Å². The first-order valence-corrected chi connectivity index (χ1v) is 7.32. The molecule has 3 heterocycles. The predicted octanol–water partition coefficient (Wildman–Crippen LogP) is 0.640. The number of aromatic amines is 1. The summed E-state index contributed by atoms with van der Waals surface area (Å²) in [6.07, 6.45) is 6.83. The average molecular weight is 301 g/mol. The summed E-state index contributed by atoms with van der Waals surface area (Å²) in [7, 11) is 1.76. The smallest absolute Gasteiger partial charge is 0.271 e. The Morgan fingerprint density at radius 2 is 2.05 bits per heavy atom. The molecule has 116 valence electrons. The van der Waals surface area contributed by atoms with E-state index in [1.165, 1.54) is 0 Å². The van der Waals surface area contributed by atoms with Crippen molar-refractivity contribution in [1.82, 2.24) is 25.5 Å². The van der Waals surface area contributed by atoms with E-state index < -0.39 is 0 Å². The van der Waals surface area contributed by atoms with Crippen molar-refractivity contribution in [3.63, 3.8) is 0 Å². The molecule has 1 saturated heterocycles. The predicted molar refractivity (Wildman–Crippen MR) is 82.9 cm³/mol. The van der Waals surface area contributed by atoms with Crippen LogP contribution in [0.3, 0.4) is 0 Å². The molecule has 0 bridgehead atoms. The minimum atomic E-state index is -0.128. The number of rotatable bonds is 4. The fraction of sp³-hybridized carbons (Fsp3) is 0.429. The molecule has 1 amide bonds. The fourth-order valence-electron chi connectivity index (χ4n) is 2.58. The van der Waals surface area contributed by atoms with E-state index in [0.29, 0.717) is 11.4 Å². The molecule has 8 heteroatoms. The first-order chi connectivity index (χ1) is 10.8. The summed E-state index contributed by atoms with van der Waals surface area (Å²) in [4.78, 5) is 22.9. The highest BCUT2D eigenvalue weighted by atomic mass is 16.2. The van der Waals surface area contributed by atoms with E-state index in [-0.39, 0.29) is 11.9 Å². The summed E-state index contributed by atoms with van der Waals surface area (Å²) in [5, 5.41) is 12.6. The van der Waals surface area contributed by atoms with E-state index in [1.807, 2.05) is 0 Å².